The van der Waals surface area contributed by atoms with Gasteiger partial charge in [-0.25, -0.2) is 0 Å². The van der Waals surface area contributed by atoms with Gasteiger partial charge < -0.3 is 10.6 Å². The molecule has 0 aliphatic heterocycles. The number of carbonyl (C=O) groups is 1. The number of hydrogen-bond acceptors (Lipinski definition) is 2. The Morgan fingerprint density at radius 3 is 2.33 bits per heavy atom. The van der Waals surface area contributed by atoms with Crippen molar-refractivity contribution in [1.82, 2.24) is 10.6 Å². The molecule has 1 amide bonds. The molecule has 0 heterocycles. The molecule has 0 unspecified atom stereocenters. The Morgan fingerprint density at radius 2 is 1.67 bits per heavy atom. The molecule has 0 bridgehead atoms. The van der Waals surface area contributed by atoms with Gasteiger partial charge in [0.1, 0.15) is 0 Å². The Hall–Kier alpha value is -0.570. The van der Waals surface area contributed by atoms with Crippen molar-refractivity contribution < 1.29 is 4.79 Å². The van der Waals surface area contributed by atoms with Gasteiger partial charge in [0.15, 0.2) is 0 Å². The van der Waals surface area contributed by atoms with Crippen LogP contribution in [0.5, 0.6) is 0 Å². The summed E-state index contributed by atoms with van der Waals surface area (Å²) in [6.07, 6.45) is 6.31. The topological polar surface area (TPSA) is 41.1 Å². The molecule has 0 aromatic rings. The van der Waals surface area contributed by atoms with Crippen molar-refractivity contribution in [2.45, 2.75) is 52.4 Å². The van der Waals surface area contributed by atoms with Gasteiger partial charge in [0.2, 0.25) is 5.91 Å². The van der Waals surface area contributed by atoms with E-state index in [0.29, 0.717) is 6.42 Å². The summed E-state index contributed by atoms with van der Waals surface area (Å²) in [6, 6.07) is 0. The van der Waals surface area contributed by atoms with E-state index in [1.54, 1.807) is 0 Å². The molecule has 15 heavy (non-hydrogen) atoms. The van der Waals surface area contributed by atoms with Crippen LogP contribution in [0.25, 0.3) is 0 Å². The van der Waals surface area contributed by atoms with Crippen LogP contribution in [0, 0.1) is 0 Å². The minimum atomic E-state index is 0.196. The van der Waals surface area contributed by atoms with Crippen molar-refractivity contribution >= 4 is 5.91 Å². The molecule has 0 saturated heterocycles. The first kappa shape index (κ1) is 14.4. The van der Waals surface area contributed by atoms with Crippen LogP contribution >= 0.6 is 0 Å². The van der Waals surface area contributed by atoms with Gasteiger partial charge in [-0.3, -0.25) is 4.79 Å². The standard InChI is InChI=1S/C12H26N2O/c1-3-8-12(15)14-11-7-5-6-10-13-9-4-2/h13H,3-11H2,1-2H3,(H,14,15). The number of amides is 1. The Labute approximate surface area is 94.0 Å². The van der Waals surface area contributed by atoms with Crippen molar-refractivity contribution in [2.75, 3.05) is 19.6 Å². The lowest BCUT2D eigenvalue weighted by atomic mass is 10.2. The number of nitrogens with one attached hydrogen (secondary N) is 2. The first-order valence-corrected chi connectivity index (χ1v) is 6.28. The second-order valence-electron chi connectivity index (χ2n) is 3.91. The average molecular weight is 214 g/mol. The Morgan fingerprint density at radius 1 is 0.933 bits per heavy atom. The molecule has 3 heteroatoms. The number of carbonyl (C=O) groups excluding carboxylic acids is 1. The summed E-state index contributed by atoms with van der Waals surface area (Å²) < 4.78 is 0. The molecular formula is C12H26N2O. The lowest BCUT2D eigenvalue weighted by molar-refractivity contribution is -0.121. The van der Waals surface area contributed by atoms with Crippen LogP contribution in [0.1, 0.15) is 52.4 Å². The fraction of sp³-hybridized carbons (Fsp3) is 0.917. The zero-order valence-corrected chi connectivity index (χ0v) is 10.3. The summed E-state index contributed by atoms with van der Waals surface area (Å²) in [7, 11) is 0. The van der Waals surface area contributed by atoms with E-state index < -0.39 is 0 Å². The molecule has 0 fully saturated rings. The molecule has 3 nitrogen and oxygen atoms in total. The van der Waals surface area contributed by atoms with E-state index in [-0.39, 0.29) is 5.91 Å². The van der Waals surface area contributed by atoms with Gasteiger partial charge in [-0.15, -0.1) is 0 Å². The molecule has 0 spiro atoms. The van der Waals surface area contributed by atoms with Gasteiger partial charge in [-0.05, 0) is 38.8 Å². The third kappa shape index (κ3) is 11.4. The van der Waals surface area contributed by atoms with Crippen LogP contribution in [0.3, 0.4) is 0 Å². The van der Waals surface area contributed by atoms with Crippen LogP contribution in [0.15, 0.2) is 0 Å². The summed E-state index contributed by atoms with van der Waals surface area (Å²) in [5, 5.41) is 6.29. The maximum atomic E-state index is 11.1. The molecule has 0 aromatic heterocycles. The smallest absolute Gasteiger partial charge is 0.219 e. The highest BCUT2D eigenvalue weighted by molar-refractivity contribution is 5.75. The van der Waals surface area contributed by atoms with E-state index in [9.17, 15) is 4.79 Å². The first-order valence-electron chi connectivity index (χ1n) is 6.28. The van der Waals surface area contributed by atoms with E-state index >= 15 is 0 Å². The molecule has 0 aliphatic carbocycles. The first-order chi connectivity index (χ1) is 7.31. The second-order valence-corrected chi connectivity index (χ2v) is 3.91. The maximum absolute atomic E-state index is 11.1. The van der Waals surface area contributed by atoms with Crippen LogP contribution in [0.2, 0.25) is 0 Å². The fourth-order valence-corrected chi connectivity index (χ4v) is 1.40. The maximum Gasteiger partial charge on any atom is 0.219 e. The third-order valence-electron chi connectivity index (χ3n) is 2.26. The van der Waals surface area contributed by atoms with Crippen LogP contribution in [-0.2, 0) is 4.79 Å². The predicted octanol–water partition coefficient (Wildman–Crippen LogP) is 2.07. The highest BCUT2D eigenvalue weighted by atomic mass is 16.1. The molecule has 0 radical (unpaired) electrons. The molecule has 0 aromatic carbocycles. The minimum absolute atomic E-state index is 0.196. The largest absolute Gasteiger partial charge is 0.356 e. The second kappa shape index (κ2) is 11.5. The summed E-state index contributed by atoms with van der Waals surface area (Å²) in [5.74, 6) is 0.196. The molecule has 90 valence electrons. The van der Waals surface area contributed by atoms with Gasteiger partial charge in [-0.2, -0.15) is 0 Å². The summed E-state index contributed by atoms with van der Waals surface area (Å²) in [5.41, 5.74) is 0. The monoisotopic (exact) mass is 214 g/mol. The molecule has 2 N–H and O–H groups in total. The highest BCUT2D eigenvalue weighted by Gasteiger charge is 1.96. The molecule has 0 atom stereocenters. The van der Waals surface area contributed by atoms with Crippen molar-refractivity contribution in [3.63, 3.8) is 0 Å². The van der Waals surface area contributed by atoms with Crippen LogP contribution < -0.4 is 10.6 Å². The molecule has 0 saturated carbocycles. The van der Waals surface area contributed by atoms with Gasteiger partial charge in [-0.1, -0.05) is 20.3 Å². The van der Waals surface area contributed by atoms with E-state index in [1.165, 1.54) is 19.3 Å². The number of rotatable bonds is 10. The Balaban J connectivity index is 3.01. The van der Waals surface area contributed by atoms with E-state index in [1.807, 2.05) is 6.92 Å². The van der Waals surface area contributed by atoms with Gasteiger partial charge in [0.25, 0.3) is 0 Å². The van der Waals surface area contributed by atoms with Gasteiger partial charge in [0, 0.05) is 13.0 Å². The summed E-state index contributed by atoms with van der Waals surface area (Å²) in [4.78, 5) is 11.1. The van der Waals surface area contributed by atoms with Crippen molar-refractivity contribution in [3.05, 3.63) is 0 Å². The quantitative estimate of drug-likeness (QED) is 0.547. The number of unbranched alkanes of at least 4 members (excludes halogenated alkanes) is 2. The molecular weight excluding hydrogens is 188 g/mol. The predicted molar refractivity (Wildman–Crippen MR) is 64.9 cm³/mol. The average Bonchev–Trinajstić information content (AvgIpc) is 2.22. The molecule has 0 aliphatic rings. The Kier molecular flexibility index (Phi) is 11.1. The zero-order valence-electron chi connectivity index (χ0n) is 10.3. The summed E-state index contributed by atoms with van der Waals surface area (Å²) in [6.45, 7) is 7.27. The SMILES string of the molecule is CCCNCCCCCNC(=O)CCC. The van der Waals surface area contributed by atoms with Crippen molar-refractivity contribution in [1.29, 1.82) is 0 Å². The fourth-order valence-electron chi connectivity index (χ4n) is 1.40. The lowest BCUT2D eigenvalue weighted by Crippen LogP contribution is -2.24. The normalized spacial score (nSPS) is 10.3. The zero-order chi connectivity index (χ0) is 11.4. The Bertz CT molecular complexity index is 149. The highest BCUT2D eigenvalue weighted by Crippen LogP contribution is 1.93. The van der Waals surface area contributed by atoms with E-state index in [2.05, 4.69) is 17.6 Å². The van der Waals surface area contributed by atoms with Gasteiger partial charge >= 0.3 is 0 Å². The third-order valence-corrected chi connectivity index (χ3v) is 2.26. The minimum Gasteiger partial charge on any atom is -0.356 e. The van der Waals surface area contributed by atoms with Gasteiger partial charge in [0.05, 0.1) is 0 Å². The van der Waals surface area contributed by atoms with Crippen LogP contribution in [-0.4, -0.2) is 25.5 Å². The number of hydrogen-bond donors (Lipinski definition) is 2. The lowest BCUT2D eigenvalue weighted by Gasteiger charge is -2.04. The molecule has 0 rings (SSSR count). The van der Waals surface area contributed by atoms with Crippen LogP contribution in [0.4, 0.5) is 0 Å². The van der Waals surface area contributed by atoms with Crippen molar-refractivity contribution in [2.24, 2.45) is 0 Å². The van der Waals surface area contributed by atoms with E-state index in [4.69, 9.17) is 0 Å². The van der Waals surface area contributed by atoms with Crippen molar-refractivity contribution in [3.8, 4) is 0 Å². The van der Waals surface area contributed by atoms with E-state index in [0.717, 1.165) is 32.5 Å². The summed E-state index contributed by atoms with van der Waals surface area (Å²) >= 11 is 0.